The molecule has 2 saturated heterocycles. The van der Waals surface area contributed by atoms with Crippen LogP contribution in [0.5, 0.6) is 5.75 Å². The van der Waals surface area contributed by atoms with E-state index in [-0.39, 0.29) is 96.8 Å². The molecule has 33 heteroatoms. The summed E-state index contributed by atoms with van der Waals surface area (Å²) in [6, 6.07) is 13.4. The molecule has 6 aromatic rings. The fourth-order valence-electron chi connectivity index (χ4n) is 14.2. The number of rotatable bonds is 35. The van der Waals surface area contributed by atoms with Crippen LogP contribution in [0.15, 0.2) is 109 Å². The number of carbonyl (C=O) groups is 10. The number of quaternary nitrogens is 1. The summed E-state index contributed by atoms with van der Waals surface area (Å²) in [4.78, 5) is 149. The van der Waals surface area contributed by atoms with Crippen molar-refractivity contribution in [2.24, 2.45) is 0 Å². The lowest BCUT2D eigenvalue weighted by Crippen LogP contribution is -2.64. The summed E-state index contributed by atoms with van der Waals surface area (Å²) in [6.45, 7) is 10.1. The van der Waals surface area contributed by atoms with Gasteiger partial charge in [-0.05, 0) is 142 Å². The Bertz CT molecular complexity index is 4380. The fraction of sp³-hybridized carbons (Fsp3) is 0.506. The first kappa shape index (κ1) is 88.2. The van der Waals surface area contributed by atoms with E-state index < -0.39 is 125 Å². The van der Waals surface area contributed by atoms with Crippen molar-refractivity contribution in [2.45, 2.75) is 159 Å². The van der Waals surface area contributed by atoms with Gasteiger partial charge in [-0.15, -0.1) is 5.10 Å². The first-order valence-electron chi connectivity index (χ1n) is 38.5. The summed E-state index contributed by atoms with van der Waals surface area (Å²) < 4.78 is 43.1. The molecule has 4 aromatic carbocycles. The van der Waals surface area contributed by atoms with Crippen LogP contribution >= 0.6 is 25.3 Å². The van der Waals surface area contributed by atoms with E-state index in [0.29, 0.717) is 77.3 Å². The van der Waals surface area contributed by atoms with Gasteiger partial charge in [-0.3, -0.25) is 47.9 Å². The molecule has 0 aliphatic carbocycles. The van der Waals surface area contributed by atoms with Gasteiger partial charge in [0.2, 0.25) is 59.1 Å². The van der Waals surface area contributed by atoms with Gasteiger partial charge in [0.05, 0.1) is 91.9 Å². The Labute approximate surface area is 674 Å². The van der Waals surface area contributed by atoms with Gasteiger partial charge in [0.15, 0.2) is 0 Å². The van der Waals surface area contributed by atoms with Crippen LogP contribution in [0.1, 0.15) is 91.9 Å². The molecule has 9 N–H and O–H groups in total. The van der Waals surface area contributed by atoms with Crippen LogP contribution in [-0.4, -0.2) is 264 Å². The van der Waals surface area contributed by atoms with Gasteiger partial charge < -0.3 is 85.4 Å². The molecule has 616 valence electrons. The van der Waals surface area contributed by atoms with Gasteiger partial charge in [0, 0.05) is 81.1 Å². The first-order valence-corrected chi connectivity index (χ1v) is 39.8. The van der Waals surface area contributed by atoms with Crippen LogP contribution in [0.25, 0.3) is 16.6 Å². The molecule has 2 fully saturated rings. The largest absolute Gasteiger partial charge is 0.497 e. The van der Waals surface area contributed by atoms with E-state index >= 15 is 28.4 Å². The molecule has 0 saturated carbocycles. The van der Waals surface area contributed by atoms with Crippen LogP contribution in [0.3, 0.4) is 0 Å². The van der Waals surface area contributed by atoms with Crippen LogP contribution in [0.2, 0.25) is 0 Å². The number of nitrogens with one attached hydrogen (secondary N) is 8. The monoisotopic (exact) mass is 1610 g/mol. The quantitative estimate of drug-likeness (QED) is 0.0118. The number of likely N-dealkylation sites (tertiary alicyclic amines) is 1. The number of likely N-dealkylation sites (N-methyl/N-ethyl adjacent to an activating group) is 1. The number of aryl methyl sites for hydroxylation is 2. The normalized spacial score (nSPS) is 19.3. The van der Waals surface area contributed by atoms with Gasteiger partial charge in [-0.1, -0.05) is 59.8 Å². The van der Waals surface area contributed by atoms with E-state index in [1.807, 2.05) is 71.4 Å². The van der Waals surface area contributed by atoms with Gasteiger partial charge >= 0.3 is 0 Å². The van der Waals surface area contributed by atoms with Gasteiger partial charge in [0.25, 0.3) is 0 Å². The lowest BCUT2D eigenvalue weighted by molar-refractivity contribution is -0.870. The molecule has 3 aliphatic heterocycles. The zero-order chi connectivity index (χ0) is 82.4. The summed E-state index contributed by atoms with van der Waals surface area (Å²) >= 11 is 8.42. The number of fused-ring (bicyclic) bond motifs is 5. The Morgan fingerprint density at radius 3 is 2.25 bits per heavy atom. The molecule has 4 bridgehead atoms. The van der Waals surface area contributed by atoms with E-state index in [2.05, 4.69) is 78.1 Å². The zero-order valence-corrected chi connectivity index (χ0v) is 68.0. The molecule has 5 heterocycles. The Morgan fingerprint density at radius 2 is 1.54 bits per heavy atom. The number of ether oxygens (including phenoxy) is 4. The van der Waals surface area contributed by atoms with Crippen molar-refractivity contribution in [1.82, 2.24) is 71.9 Å². The predicted molar refractivity (Wildman–Crippen MR) is 431 cm³/mol. The van der Waals surface area contributed by atoms with E-state index in [4.69, 9.17) is 18.9 Å². The zero-order valence-electron chi connectivity index (χ0n) is 66.2. The molecule has 30 nitrogen and oxygen atoms in total. The molecule has 9 rings (SSSR count). The topological polar surface area (TPSA) is 366 Å². The predicted octanol–water partition coefficient (Wildman–Crippen LogP) is 2.46. The minimum absolute atomic E-state index is 0.0331. The number of hydrogen-bond donors (Lipinski definition) is 11. The SMILES string of the molecule is COc1ccc(CC(NC(=O)C(NC(=O)C2C3CCN2C(=O)C(Cc2cn(Cc4cn(-c5cc(C)cc(C)c5)nn4)c4ccc(F)cc24)NC(=O)C(NC(=O)C(C)NC(=O)C(CNC(=O)CCOCCOCC[N+](C)(C)C)NC(=O)CCS)Cc2cccc(c2)CC=CCO3)C(C)O)C(=O)N2CCCC2(C)C(=O)NCCS)cc1. The average molecular weight is 1620 g/mol. The fourth-order valence-corrected chi connectivity index (χ4v) is 14.5. The molecule has 0 spiro atoms. The minimum atomic E-state index is -1.80. The maximum absolute atomic E-state index is 16.2. The number of aliphatic hydroxyl groups is 1. The van der Waals surface area contributed by atoms with E-state index in [1.54, 1.807) is 77.1 Å². The molecule has 0 radical (unpaired) electrons. The van der Waals surface area contributed by atoms with Crippen molar-refractivity contribution < 1.29 is 80.9 Å². The molecular formula is C81H109FN15O15S2+. The Morgan fingerprint density at radius 1 is 0.798 bits per heavy atom. The van der Waals surface area contributed by atoms with Crippen molar-refractivity contribution in [1.29, 1.82) is 0 Å². The second-order valence-corrected chi connectivity index (χ2v) is 31.3. The number of halogens is 1. The smallest absolute Gasteiger partial charge is 0.246 e. The third kappa shape index (κ3) is 24.6. The second-order valence-electron chi connectivity index (χ2n) is 30.4. The number of hydrogen-bond acceptors (Lipinski definition) is 19. The van der Waals surface area contributed by atoms with Crippen LogP contribution in [-0.2, 0) is 94.4 Å². The molecule has 2 aromatic heterocycles. The number of carbonyl (C=O) groups excluding carboxylic acids is 10. The molecule has 3 aliphatic rings. The average Bonchev–Trinajstić information content (AvgIpc) is 1.63. The van der Waals surface area contributed by atoms with Gasteiger partial charge in [0.1, 0.15) is 71.6 Å². The number of amides is 10. The number of aromatic nitrogens is 4. The van der Waals surface area contributed by atoms with Crippen molar-refractivity contribution >= 4 is 95.2 Å². The van der Waals surface area contributed by atoms with Crippen molar-refractivity contribution in [3.8, 4) is 11.4 Å². The Balaban J connectivity index is 1.03. The number of thiol groups is 2. The van der Waals surface area contributed by atoms with Gasteiger partial charge in [-0.2, -0.15) is 25.3 Å². The molecular weight excluding hydrogens is 1510 g/mol. The summed E-state index contributed by atoms with van der Waals surface area (Å²) in [5.74, 6) is -7.13. The molecule has 10 unspecified atom stereocenters. The minimum Gasteiger partial charge on any atom is -0.497 e. The number of nitrogens with zero attached hydrogens (tertiary/aromatic N) is 7. The second kappa shape index (κ2) is 41.5. The number of aliphatic hydroxyl groups excluding tert-OH is 1. The molecule has 10 atom stereocenters. The van der Waals surface area contributed by atoms with Crippen LogP contribution in [0, 0.1) is 19.7 Å². The Kier molecular flexibility index (Phi) is 32.1. The number of allylic oxidation sites excluding steroid dienone is 1. The third-order valence-corrected chi connectivity index (χ3v) is 20.7. The van der Waals surface area contributed by atoms with Crippen molar-refractivity contribution in [3.05, 3.63) is 154 Å². The Hall–Kier alpha value is -9.77. The standard InChI is InChI=1S/C81H108FN15O15S2/c1-50-38-51(2)40-60(39-50)96-49-59(91-92-96)48-93-47-57(62-45-58(82)19-22-67(62)93)44-65-78(106)94-29-23-68(72(94)77(105)90-71(53(4)98)76(104)89-64(42-55-17-20-61(109-9)21-18-55)79(107)95-28-13-26-81(95,5)80(108)83-27-37-114)112-31-11-10-14-54-15-12-16-56(41-54)43-63(74(102)88-65)87-73(101)52(3)85-75(103)66(86-70(100)25-36-113)46-84-69(99)24-32-110-34-35-111-33-30-97(6,7)8/h10-12,15-22,38-41,45,47,49,52-53,63-66,68,71-72,98H,13-14,23-37,42-44,46,48H2,1-9H3,(H9-,83,84,85,86,87,88,89,90,99,100,101,102,103,104,105,108,113,114)/p+1. The van der Waals surface area contributed by atoms with Crippen molar-refractivity contribution in [3.63, 3.8) is 0 Å². The highest BCUT2D eigenvalue weighted by Gasteiger charge is 2.49. The number of methoxy groups -OCH3 is 1. The maximum atomic E-state index is 16.2. The van der Waals surface area contributed by atoms with E-state index in [1.165, 1.54) is 42.9 Å². The maximum Gasteiger partial charge on any atom is 0.246 e. The molecule has 10 amide bonds. The molecule has 114 heavy (non-hydrogen) atoms. The highest BCUT2D eigenvalue weighted by molar-refractivity contribution is 7.80. The van der Waals surface area contributed by atoms with Crippen LogP contribution < -0.4 is 47.3 Å². The highest BCUT2D eigenvalue weighted by atomic mass is 32.1. The summed E-state index contributed by atoms with van der Waals surface area (Å²) in [5.41, 5.74) is 4.80. The van der Waals surface area contributed by atoms with E-state index in [9.17, 15) is 29.1 Å². The summed E-state index contributed by atoms with van der Waals surface area (Å²) in [7, 11) is 7.65. The van der Waals surface area contributed by atoms with Gasteiger partial charge in [-0.25, -0.2) is 9.07 Å². The van der Waals surface area contributed by atoms with Crippen molar-refractivity contribution in [2.75, 3.05) is 106 Å². The number of benzene rings is 4. The summed E-state index contributed by atoms with van der Waals surface area (Å²) in [6.07, 6.45) is 4.64. The van der Waals surface area contributed by atoms with E-state index in [0.717, 1.165) is 33.4 Å². The highest BCUT2D eigenvalue weighted by Crippen LogP contribution is 2.32. The third-order valence-electron chi connectivity index (χ3n) is 20.3. The first-order chi connectivity index (χ1) is 54.4. The van der Waals surface area contributed by atoms with Crippen LogP contribution in [0.4, 0.5) is 4.39 Å². The summed E-state index contributed by atoms with van der Waals surface area (Å²) in [5, 5.41) is 42.8. The lowest BCUT2D eigenvalue weighted by atomic mass is 9.95. The lowest BCUT2D eigenvalue weighted by Gasteiger charge is -2.37.